The Balaban J connectivity index is 1.97. The first kappa shape index (κ1) is 12.2. The topological polar surface area (TPSA) is 72.7 Å². The lowest BCUT2D eigenvalue weighted by Crippen LogP contribution is -2.28. The molecule has 1 aromatic rings. The number of phenolic OH excluding ortho intramolecular Hbond substituents is 2. The molecule has 4 heteroatoms. The quantitative estimate of drug-likeness (QED) is 0.626. The molecule has 2 rings (SSSR count). The number of nitrogens with one attached hydrogen (secondary N) is 1. The molecule has 1 unspecified atom stereocenters. The summed E-state index contributed by atoms with van der Waals surface area (Å²) in [7, 11) is 0. The second-order valence-electron chi connectivity index (χ2n) is 5.00. The zero-order valence-electron chi connectivity index (χ0n) is 9.98. The maximum Gasteiger partial charge on any atom is 0.124 e. The van der Waals surface area contributed by atoms with Crippen LogP contribution in [0.3, 0.4) is 0 Å². The molecule has 94 valence electrons. The molecule has 0 heterocycles. The van der Waals surface area contributed by atoms with Crippen LogP contribution in [0.25, 0.3) is 0 Å². The Labute approximate surface area is 101 Å². The number of aromatic hydroxyl groups is 2. The molecule has 4 nitrogen and oxygen atoms in total. The summed E-state index contributed by atoms with van der Waals surface area (Å²) < 4.78 is 0. The molecule has 1 aromatic carbocycles. The highest BCUT2D eigenvalue weighted by atomic mass is 16.3. The monoisotopic (exact) mass is 237 g/mol. The van der Waals surface area contributed by atoms with Gasteiger partial charge in [0.2, 0.25) is 0 Å². The second-order valence-corrected chi connectivity index (χ2v) is 5.00. The van der Waals surface area contributed by atoms with Crippen molar-refractivity contribution in [2.75, 3.05) is 13.2 Å². The fraction of sp³-hybridized carbons (Fsp3) is 0.538. The van der Waals surface area contributed by atoms with Crippen LogP contribution in [0, 0.1) is 5.41 Å². The van der Waals surface area contributed by atoms with Crippen molar-refractivity contribution in [2.24, 2.45) is 5.41 Å². The van der Waals surface area contributed by atoms with Gasteiger partial charge in [0, 0.05) is 36.2 Å². The maximum atomic E-state index is 9.71. The molecule has 17 heavy (non-hydrogen) atoms. The minimum absolute atomic E-state index is 0.000347. The zero-order chi connectivity index (χ0) is 12.5. The van der Waals surface area contributed by atoms with Crippen molar-refractivity contribution in [1.29, 1.82) is 0 Å². The van der Waals surface area contributed by atoms with E-state index in [1.807, 2.05) is 6.92 Å². The average molecular weight is 237 g/mol. The van der Waals surface area contributed by atoms with E-state index < -0.39 is 0 Å². The summed E-state index contributed by atoms with van der Waals surface area (Å²) >= 11 is 0. The Bertz CT molecular complexity index is 402. The Hall–Kier alpha value is -1.26. The van der Waals surface area contributed by atoms with Gasteiger partial charge in [0.15, 0.2) is 0 Å². The van der Waals surface area contributed by atoms with Gasteiger partial charge in [-0.25, -0.2) is 0 Å². The fourth-order valence-corrected chi connectivity index (χ4v) is 1.95. The highest BCUT2D eigenvalue weighted by Gasteiger charge is 2.41. The van der Waals surface area contributed by atoms with Crippen LogP contribution < -0.4 is 5.32 Å². The number of phenols is 2. The molecule has 0 saturated heterocycles. The van der Waals surface area contributed by atoms with Crippen molar-refractivity contribution in [3.05, 3.63) is 23.8 Å². The summed E-state index contributed by atoms with van der Waals surface area (Å²) in [5.41, 5.74) is 0.817. The third-order valence-corrected chi connectivity index (χ3v) is 3.56. The van der Waals surface area contributed by atoms with E-state index >= 15 is 0 Å². The molecular formula is C13H19NO3. The number of aliphatic hydroxyl groups is 1. The molecule has 1 atom stereocenters. The summed E-state index contributed by atoms with van der Waals surface area (Å²) in [4.78, 5) is 0. The Morgan fingerprint density at radius 1 is 1.35 bits per heavy atom. The van der Waals surface area contributed by atoms with Gasteiger partial charge in [-0.2, -0.15) is 0 Å². The normalized spacial score (nSPS) is 18.9. The summed E-state index contributed by atoms with van der Waals surface area (Å²) in [6, 6.07) is 4.61. The average Bonchev–Trinajstić information content (AvgIpc) is 3.07. The Morgan fingerprint density at radius 2 is 2.06 bits per heavy atom. The van der Waals surface area contributed by atoms with Crippen LogP contribution in [0.2, 0.25) is 0 Å². The molecule has 1 aliphatic carbocycles. The molecule has 1 aliphatic rings. The Morgan fingerprint density at radius 3 is 2.59 bits per heavy atom. The maximum absolute atomic E-state index is 9.71. The van der Waals surface area contributed by atoms with Gasteiger partial charge in [0.25, 0.3) is 0 Å². The SMILES string of the molecule is CC(NCC1(CO)CC1)c1ccc(O)cc1O. The molecule has 0 bridgehead atoms. The molecule has 0 spiro atoms. The van der Waals surface area contributed by atoms with Gasteiger partial charge in [0.05, 0.1) is 0 Å². The third kappa shape index (κ3) is 2.70. The molecule has 1 fully saturated rings. The van der Waals surface area contributed by atoms with Gasteiger partial charge in [-0.15, -0.1) is 0 Å². The van der Waals surface area contributed by atoms with Crippen LogP contribution in [0.4, 0.5) is 0 Å². The molecule has 1 saturated carbocycles. The first-order valence-corrected chi connectivity index (χ1v) is 5.92. The van der Waals surface area contributed by atoms with Crippen molar-refractivity contribution in [3.63, 3.8) is 0 Å². The van der Waals surface area contributed by atoms with Gasteiger partial charge in [-0.3, -0.25) is 0 Å². The predicted molar refractivity (Wildman–Crippen MR) is 64.9 cm³/mol. The van der Waals surface area contributed by atoms with Crippen molar-refractivity contribution in [1.82, 2.24) is 5.32 Å². The van der Waals surface area contributed by atoms with Crippen LogP contribution in [0.1, 0.15) is 31.4 Å². The van der Waals surface area contributed by atoms with Crippen molar-refractivity contribution >= 4 is 0 Å². The standard InChI is InChI=1S/C13H19NO3/c1-9(14-7-13(8-15)4-5-13)11-3-2-10(16)6-12(11)17/h2-3,6,9,14-17H,4-5,7-8H2,1H3. The molecule has 0 radical (unpaired) electrons. The van der Waals surface area contributed by atoms with Crippen LogP contribution in [-0.2, 0) is 0 Å². The number of hydrogen-bond donors (Lipinski definition) is 4. The van der Waals surface area contributed by atoms with E-state index in [1.165, 1.54) is 6.07 Å². The van der Waals surface area contributed by atoms with Gasteiger partial charge < -0.3 is 20.6 Å². The van der Waals surface area contributed by atoms with E-state index in [4.69, 9.17) is 0 Å². The largest absolute Gasteiger partial charge is 0.508 e. The molecular weight excluding hydrogens is 218 g/mol. The molecule has 0 aromatic heterocycles. The third-order valence-electron chi connectivity index (χ3n) is 3.56. The molecule has 0 amide bonds. The smallest absolute Gasteiger partial charge is 0.124 e. The van der Waals surface area contributed by atoms with Crippen molar-refractivity contribution < 1.29 is 15.3 Å². The highest BCUT2D eigenvalue weighted by molar-refractivity contribution is 5.40. The number of aliphatic hydroxyl groups excluding tert-OH is 1. The minimum atomic E-state index is -0.000347. The first-order valence-electron chi connectivity index (χ1n) is 5.92. The van der Waals surface area contributed by atoms with E-state index in [1.54, 1.807) is 12.1 Å². The van der Waals surface area contributed by atoms with E-state index in [9.17, 15) is 15.3 Å². The van der Waals surface area contributed by atoms with Gasteiger partial charge in [-0.05, 0) is 25.8 Å². The summed E-state index contributed by atoms with van der Waals surface area (Å²) in [6.45, 7) is 2.93. The van der Waals surface area contributed by atoms with E-state index in [2.05, 4.69) is 5.32 Å². The number of hydrogen-bond acceptors (Lipinski definition) is 4. The van der Waals surface area contributed by atoms with Crippen LogP contribution in [0.15, 0.2) is 18.2 Å². The van der Waals surface area contributed by atoms with Crippen LogP contribution >= 0.6 is 0 Å². The lowest BCUT2D eigenvalue weighted by molar-refractivity contribution is 0.204. The van der Waals surface area contributed by atoms with Crippen LogP contribution in [-0.4, -0.2) is 28.5 Å². The second kappa shape index (κ2) is 4.55. The number of benzene rings is 1. The number of rotatable bonds is 5. The predicted octanol–water partition coefficient (Wildman–Crippen LogP) is 1.52. The van der Waals surface area contributed by atoms with Crippen LogP contribution in [0.5, 0.6) is 11.5 Å². The van der Waals surface area contributed by atoms with E-state index in [0.717, 1.165) is 24.9 Å². The van der Waals surface area contributed by atoms with E-state index in [-0.39, 0.29) is 29.6 Å². The summed E-state index contributed by atoms with van der Waals surface area (Å²) in [5, 5.41) is 31.4. The van der Waals surface area contributed by atoms with Gasteiger partial charge in [0.1, 0.15) is 11.5 Å². The Kier molecular flexibility index (Phi) is 3.26. The zero-order valence-corrected chi connectivity index (χ0v) is 9.98. The van der Waals surface area contributed by atoms with Crippen molar-refractivity contribution in [3.8, 4) is 11.5 Å². The molecule has 0 aliphatic heterocycles. The van der Waals surface area contributed by atoms with Crippen molar-refractivity contribution in [2.45, 2.75) is 25.8 Å². The first-order chi connectivity index (χ1) is 8.06. The lowest BCUT2D eigenvalue weighted by Gasteiger charge is -2.19. The highest BCUT2D eigenvalue weighted by Crippen LogP contribution is 2.44. The summed E-state index contributed by atoms with van der Waals surface area (Å²) in [6.07, 6.45) is 2.12. The fourth-order valence-electron chi connectivity index (χ4n) is 1.95. The summed E-state index contributed by atoms with van der Waals surface area (Å²) in [5.74, 6) is 0.159. The lowest BCUT2D eigenvalue weighted by atomic mass is 10.0. The molecule has 4 N–H and O–H groups in total. The van der Waals surface area contributed by atoms with Gasteiger partial charge >= 0.3 is 0 Å². The minimum Gasteiger partial charge on any atom is -0.508 e. The van der Waals surface area contributed by atoms with E-state index in [0.29, 0.717) is 0 Å². The van der Waals surface area contributed by atoms with Gasteiger partial charge in [-0.1, -0.05) is 6.07 Å².